The van der Waals surface area contributed by atoms with E-state index >= 15 is 0 Å². The predicted molar refractivity (Wildman–Crippen MR) is 82.9 cm³/mol. The first-order chi connectivity index (χ1) is 11.0. The normalized spacial score (nSPS) is 22.8. The molecule has 2 amide bonds. The molecule has 0 bridgehead atoms. The van der Waals surface area contributed by atoms with Crippen molar-refractivity contribution in [2.75, 3.05) is 13.2 Å². The number of carboxylic acids is 1. The summed E-state index contributed by atoms with van der Waals surface area (Å²) in [4.78, 5) is 37.2. The molecule has 1 saturated heterocycles. The van der Waals surface area contributed by atoms with Gasteiger partial charge in [-0.25, -0.2) is 9.59 Å². The third kappa shape index (κ3) is 4.59. The van der Waals surface area contributed by atoms with Crippen molar-refractivity contribution in [1.82, 2.24) is 10.2 Å². The highest BCUT2D eigenvalue weighted by molar-refractivity contribution is 5.89. The number of likely N-dealkylation sites (tertiary alicyclic amines) is 1. The summed E-state index contributed by atoms with van der Waals surface area (Å²) < 4.78 is 4.89. The van der Waals surface area contributed by atoms with E-state index < -0.39 is 24.1 Å². The van der Waals surface area contributed by atoms with Crippen molar-refractivity contribution in [3.05, 3.63) is 0 Å². The van der Waals surface area contributed by atoms with Gasteiger partial charge in [0, 0.05) is 6.54 Å². The Morgan fingerprint density at radius 1 is 1.22 bits per heavy atom. The van der Waals surface area contributed by atoms with Crippen LogP contribution in [-0.2, 0) is 14.3 Å². The second-order valence-corrected chi connectivity index (χ2v) is 6.33. The van der Waals surface area contributed by atoms with E-state index in [2.05, 4.69) is 5.32 Å². The van der Waals surface area contributed by atoms with Crippen LogP contribution in [0, 0.1) is 5.92 Å². The summed E-state index contributed by atoms with van der Waals surface area (Å²) in [5.74, 6) is -0.877. The quantitative estimate of drug-likeness (QED) is 0.775. The molecular formula is C16H26N2O5. The van der Waals surface area contributed by atoms with Gasteiger partial charge in [0.2, 0.25) is 5.91 Å². The number of carbonyl (C=O) groups excluding carboxylic acids is 2. The first-order valence-electron chi connectivity index (χ1n) is 8.49. The average Bonchev–Trinajstić information content (AvgIpc) is 3.17. The predicted octanol–water partition coefficient (Wildman–Crippen LogP) is 1.76. The number of rotatable bonds is 6. The average molecular weight is 326 g/mol. The van der Waals surface area contributed by atoms with Crippen LogP contribution in [0.15, 0.2) is 0 Å². The van der Waals surface area contributed by atoms with Gasteiger partial charge in [0.25, 0.3) is 0 Å². The van der Waals surface area contributed by atoms with Crippen LogP contribution in [0.4, 0.5) is 4.79 Å². The minimum atomic E-state index is -0.980. The van der Waals surface area contributed by atoms with Crippen molar-refractivity contribution in [2.24, 2.45) is 5.92 Å². The Labute approximate surface area is 136 Å². The van der Waals surface area contributed by atoms with Crippen LogP contribution in [0.1, 0.15) is 51.9 Å². The van der Waals surface area contributed by atoms with Crippen molar-refractivity contribution >= 4 is 18.0 Å². The Hall–Kier alpha value is -1.79. The van der Waals surface area contributed by atoms with E-state index in [0.717, 1.165) is 25.7 Å². The zero-order valence-electron chi connectivity index (χ0n) is 13.6. The van der Waals surface area contributed by atoms with E-state index in [1.807, 2.05) is 0 Å². The molecule has 0 spiro atoms. The fourth-order valence-corrected chi connectivity index (χ4v) is 3.60. The number of alkyl carbamates (subject to hydrolysis) is 1. The van der Waals surface area contributed by atoms with E-state index in [1.165, 1.54) is 4.90 Å². The largest absolute Gasteiger partial charge is 0.480 e. The van der Waals surface area contributed by atoms with Crippen molar-refractivity contribution in [3.8, 4) is 0 Å². The number of aliphatic carboxylic acids is 1. The molecule has 23 heavy (non-hydrogen) atoms. The van der Waals surface area contributed by atoms with E-state index in [9.17, 15) is 19.5 Å². The van der Waals surface area contributed by atoms with Gasteiger partial charge in [-0.15, -0.1) is 0 Å². The molecule has 0 aromatic heterocycles. The van der Waals surface area contributed by atoms with Crippen molar-refractivity contribution in [3.63, 3.8) is 0 Å². The number of ether oxygens (including phenoxy) is 1. The molecule has 2 fully saturated rings. The van der Waals surface area contributed by atoms with Crippen LogP contribution in [0.3, 0.4) is 0 Å². The summed E-state index contributed by atoms with van der Waals surface area (Å²) in [5.41, 5.74) is 0. The van der Waals surface area contributed by atoms with E-state index in [0.29, 0.717) is 31.7 Å². The van der Waals surface area contributed by atoms with Crippen molar-refractivity contribution in [1.29, 1.82) is 0 Å². The first kappa shape index (κ1) is 17.6. The fourth-order valence-electron chi connectivity index (χ4n) is 3.60. The molecular weight excluding hydrogens is 300 g/mol. The van der Waals surface area contributed by atoms with Gasteiger partial charge in [-0.05, 0) is 32.1 Å². The molecule has 7 nitrogen and oxygen atoms in total. The molecule has 2 N–H and O–H groups in total. The number of carbonyl (C=O) groups is 3. The van der Waals surface area contributed by atoms with Gasteiger partial charge in [-0.1, -0.05) is 25.7 Å². The molecule has 1 aliphatic carbocycles. The first-order valence-corrected chi connectivity index (χ1v) is 8.49. The highest BCUT2D eigenvalue weighted by Gasteiger charge is 2.38. The van der Waals surface area contributed by atoms with Gasteiger partial charge in [0.05, 0.1) is 6.61 Å². The maximum absolute atomic E-state index is 12.8. The lowest BCUT2D eigenvalue weighted by atomic mass is 9.97. The lowest BCUT2D eigenvalue weighted by Gasteiger charge is -2.28. The molecule has 2 aliphatic rings. The van der Waals surface area contributed by atoms with Gasteiger partial charge < -0.3 is 20.1 Å². The maximum atomic E-state index is 12.8. The summed E-state index contributed by atoms with van der Waals surface area (Å²) >= 11 is 0. The Kier molecular flexibility index (Phi) is 6.24. The molecule has 7 heteroatoms. The Balaban J connectivity index is 2.05. The van der Waals surface area contributed by atoms with E-state index in [4.69, 9.17) is 4.74 Å². The third-order valence-corrected chi connectivity index (χ3v) is 4.73. The van der Waals surface area contributed by atoms with Gasteiger partial charge >= 0.3 is 12.1 Å². The summed E-state index contributed by atoms with van der Waals surface area (Å²) in [7, 11) is 0. The highest BCUT2D eigenvalue weighted by Crippen LogP contribution is 2.30. The van der Waals surface area contributed by atoms with Crippen molar-refractivity contribution in [2.45, 2.75) is 64.0 Å². The van der Waals surface area contributed by atoms with Crippen LogP contribution in [0.5, 0.6) is 0 Å². The number of carboxylic acid groups (broad SMARTS) is 1. The molecule has 2 rings (SSSR count). The molecule has 0 radical (unpaired) electrons. The Bertz CT molecular complexity index is 448. The number of hydrogen-bond acceptors (Lipinski definition) is 4. The monoisotopic (exact) mass is 326 g/mol. The van der Waals surface area contributed by atoms with Gasteiger partial charge in [0.15, 0.2) is 0 Å². The summed E-state index contributed by atoms with van der Waals surface area (Å²) in [6, 6.07) is -1.48. The third-order valence-electron chi connectivity index (χ3n) is 4.73. The zero-order valence-corrected chi connectivity index (χ0v) is 13.6. The molecule has 2 atom stereocenters. The van der Waals surface area contributed by atoms with Gasteiger partial charge in [-0.3, -0.25) is 4.79 Å². The van der Waals surface area contributed by atoms with Crippen LogP contribution in [0.2, 0.25) is 0 Å². The van der Waals surface area contributed by atoms with Gasteiger partial charge in [0.1, 0.15) is 12.1 Å². The van der Waals surface area contributed by atoms with Crippen molar-refractivity contribution < 1.29 is 24.2 Å². The summed E-state index contributed by atoms with van der Waals surface area (Å²) in [5, 5.41) is 11.9. The lowest BCUT2D eigenvalue weighted by molar-refractivity contribution is -0.149. The highest BCUT2D eigenvalue weighted by atomic mass is 16.5. The molecule has 130 valence electrons. The Morgan fingerprint density at radius 3 is 2.52 bits per heavy atom. The van der Waals surface area contributed by atoms with Crippen LogP contribution < -0.4 is 5.32 Å². The minimum Gasteiger partial charge on any atom is -0.480 e. The standard InChI is InChI=1S/C16H26N2O5/c1-2-23-16(22)17-12(10-11-6-3-4-7-11)14(19)18-9-5-8-13(18)15(20)21/h11-13H,2-10H2,1H3,(H,17,22)(H,20,21)/t12-,13+/m1/s1. The van der Waals surface area contributed by atoms with Gasteiger partial charge in [-0.2, -0.15) is 0 Å². The molecule has 0 aromatic carbocycles. The van der Waals surface area contributed by atoms with E-state index in [1.54, 1.807) is 6.92 Å². The fraction of sp³-hybridized carbons (Fsp3) is 0.812. The molecule has 1 aliphatic heterocycles. The number of amides is 2. The maximum Gasteiger partial charge on any atom is 0.407 e. The lowest BCUT2D eigenvalue weighted by Crippen LogP contribution is -2.52. The summed E-state index contributed by atoms with van der Waals surface area (Å²) in [6.45, 7) is 2.37. The smallest absolute Gasteiger partial charge is 0.407 e. The second-order valence-electron chi connectivity index (χ2n) is 6.33. The molecule has 0 aromatic rings. The number of nitrogens with zero attached hydrogens (tertiary/aromatic N) is 1. The minimum absolute atomic E-state index is 0.234. The second kappa shape index (κ2) is 8.17. The van der Waals surface area contributed by atoms with E-state index in [-0.39, 0.29) is 12.5 Å². The van der Waals surface area contributed by atoms with Crippen LogP contribution in [0.25, 0.3) is 0 Å². The molecule has 0 unspecified atom stereocenters. The number of hydrogen-bond donors (Lipinski definition) is 2. The SMILES string of the molecule is CCOC(=O)N[C@H](CC1CCCC1)C(=O)N1CCC[C@H]1C(=O)O. The molecule has 1 saturated carbocycles. The van der Waals surface area contributed by atoms with Crippen LogP contribution >= 0.6 is 0 Å². The topological polar surface area (TPSA) is 95.9 Å². The number of nitrogens with one attached hydrogen (secondary N) is 1. The summed E-state index contributed by atoms with van der Waals surface area (Å²) in [6.07, 6.45) is 5.48. The van der Waals surface area contributed by atoms with Crippen LogP contribution in [-0.4, -0.2) is 53.2 Å². The Morgan fingerprint density at radius 2 is 1.91 bits per heavy atom. The zero-order chi connectivity index (χ0) is 16.8. The molecule has 1 heterocycles.